The second-order valence-corrected chi connectivity index (χ2v) is 1.59. The van der Waals surface area contributed by atoms with Gasteiger partial charge in [0.25, 0.3) is 5.69 Å². The van der Waals surface area contributed by atoms with E-state index >= 15 is 0 Å². The van der Waals surface area contributed by atoms with Gasteiger partial charge in [0.15, 0.2) is 0 Å². The van der Waals surface area contributed by atoms with E-state index in [-0.39, 0.29) is 13.1 Å². The largest absolute Gasteiger partial charge is 0.269 e. The number of rotatable bonds is 1. The molecule has 0 N–H and O–H groups in total. The van der Waals surface area contributed by atoms with E-state index < -0.39 is 4.92 Å². The maximum atomic E-state index is 10.0. The van der Waals surface area contributed by atoms with Crippen molar-refractivity contribution in [3.63, 3.8) is 0 Å². The molecule has 0 heterocycles. The van der Waals surface area contributed by atoms with Crippen molar-refractivity contribution in [3.05, 3.63) is 47.9 Å². The Morgan fingerprint density at radius 1 is 1.20 bits per heavy atom. The molecule has 10 heavy (non-hydrogen) atoms. The Labute approximate surface area is 59.5 Å². The summed E-state index contributed by atoms with van der Waals surface area (Å²) in [6, 6.07) is 7.93. The summed E-state index contributed by atoms with van der Waals surface area (Å²) in [4.78, 5) is 9.59. The number of nitro groups is 1. The smallest absolute Gasteiger partial charge is 0.258 e. The Morgan fingerprint density at radius 2 is 1.70 bits per heavy atom. The Hall–Kier alpha value is -1.38. The van der Waals surface area contributed by atoms with E-state index in [4.69, 9.17) is 0 Å². The second kappa shape index (κ2) is 3.61. The number of benzene rings is 1. The molecule has 0 aromatic heterocycles. The Morgan fingerprint density at radius 3 is 2.00 bits per heavy atom. The molecular weight excluding hydrogens is 130 g/mol. The van der Waals surface area contributed by atoms with Gasteiger partial charge in [0, 0.05) is 19.6 Å². The normalized spacial score (nSPS) is 8.00. The number of hydrogen-bond acceptors (Lipinski definition) is 2. The van der Waals surface area contributed by atoms with Crippen LogP contribution in [0.25, 0.3) is 0 Å². The summed E-state index contributed by atoms with van der Waals surface area (Å²) in [5.74, 6) is 0. The van der Waals surface area contributed by atoms with Crippen LogP contribution in [0.2, 0.25) is 0 Å². The van der Waals surface area contributed by atoms with E-state index in [0.717, 1.165) is 0 Å². The quantitative estimate of drug-likeness (QED) is 0.434. The lowest BCUT2D eigenvalue weighted by atomic mass is 10.3. The molecule has 1 aromatic rings. The molecule has 3 nitrogen and oxygen atoms in total. The van der Waals surface area contributed by atoms with Crippen molar-refractivity contribution < 1.29 is 4.92 Å². The third-order valence-corrected chi connectivity index (χ3v) is 0.967. The molecule has 1 rings (SSSR count). The summed E-state index contributed by atoms with van der Waals surface area (Å²) in [5.41, 5.74) is 0.137. The summed E-state index contributed by atoms with van der Waals surface area (Å²) in [6.45, 7) is 0. The van der Waals surface area contributed by atoms with Gasteiger partial charge in [-0.05, 0) is 0 Å². The van der Waals surface area contributed by atoms with Crippen molar-refractivity contribution >= 4 is 5.69 Å². The monoisotopic (exact) mass is 135 g/mol. The number of nitrogens with zero attached hydrogens (tertiary/aromatic N) is 1. The summed E-state index contributed by atoms with van der Waals surface area (Å²) < 4.78 is 0. The van der Waals surface area contributed by atoms with Crippen LogP contribution in [0.15, 0.2) is 30.3 Å². The molecule has 0 spiro atoms. The Balaban J connectivity index is 0.000000810. The zero-order chi connectivity index (χ0) is 6.69. The van der Waals surface area contributed by atoms with E-state index in [1.807, 2.05) is 0 Å². The highest BCUT2D eigenvalue weighted by Gasteiger charge is 1.98. The van der Waals surface area contributed by atoms with Crippen molar-refractivity contribution in [1.29, 1.82) is 0 Å². The molecule has 0 aliphatic rings. The first-order chi connectivity index (χ1) is 4.30. The van der Waals surface area contributed by atoms with Crippen molar-refractivity contribution in [2.45, 2.75) is 0 Å². The summed E-state index contributed by atoms with van der Waals surface area (Å²) in [5, 5.41) is 10.0. The zero-order valence-electron chi connectivity index (χ0n) is 5.15. The molecule has 0 saturated heterocycles. The minimum Gasteiger partial charge on any atom is -0.258 e. The molecule has 0 aliphatic carbocycles. The van der Waals surface area contributed by atoms with Gasteiger partial charge < -0.3 is 0 Å². The molecule has 0 unspecified atom stereocenters. The average Bonchev–Trinajstić information content (AvgIpc) is 1.90. The number of para-hydroxylation sites is 1. The predicted octanol–water partition coefficient (Wildman–Crippen LogP) is 1.68. The lowest BCUT2D eigenvalue weighted by Crippen LogP contribution is -1.84. The zero-order valence-corrected chi connectivity index (χ0v) is 5.15. The predicted molar refractivity (Wildman–Crippen MR) is 36.3 cm³/mol. The van der Waals surface area contributed by atoms with E-state index in [0.29, 0.717) is 0 Å². The van der Waals surface area contributed by atoms with Gasteiger partial charge in [-0.25, -0.2) is 0 Å². The Kier molecular flexibility index (Phi) is 3.11. The van der Waals surface area contributed by atoms with Gasteiger partial charge in [-0.2, -0.15) is 0 Å². The lowest BCUT2D eigenvalue weighted by Gasteiger charge is -1.85. The van der Waals surface area contributed by atoms with Crippen molar-refractivity contribution in [3.8, 4) is 0 Å². The highest BCUT2D eigenvalue weighted by atomic mass is 16.6. The molecule has 50 valence electrons. The summed E-state index contributed by atoms with van der Waals surface area (Å²) in [6.07, 6.45) is 0. The Bertz CT molecular complexity index is 208. The fourth-order valence-electron chi connectivity index (χ4n) is 0.550. The second-order valence-electron chi connectivity index (χ2n) is 1.59. The molecular formula is C7H5NO2. The van der Waals surface area contributed by atoms with E-state index in [9.17, 15) is 10.1 Å². The van der Waals surface area contributed by atoms with Crippen molar-refractivity contribution in [1.82, 2.24) is 0 Å². The molecule has 0 fully saturated rings. The van der Waals surface area contributed by atoms with Crippen molar-refractivity contribution in [2.75, 3.05) is 0 Å². The van der Waals surface area contributed by atoms with Crippen molar-refractivity contribution in [2.24, 2.45) is 0 Å². The maximum absolute atomic E-state index is 10.0. The molecule has 0 amide bonds. The van der Waals surface area contributed by atoms with Crippen LogP contribution in [-0.4, -0.2) is 4.92 Å². The number of hydrogen-bond donors (Lipinski definition) is 0. The topological polar surface area (TPSA) is 43.1 Å². The van der Waals surface area contributed by atoms with Crippen LogP contribution >= 0.6 is 0 Å². The minimum atomic E-state index is -0.417. The van der Waals surface area contributed by atoms with Crippen LogP contribution in [0.1, 0.15) is 0 Å². The fraction of sp³-hybridized carbons (Fsp3) is 0. The van der Waals surface area contributed by atoms with E-state index in [1.165, 1.54) is 12.1 Å². The van der Waals surface area contributed by atoms with Gasteiger partial charge in [-0.15, -0.1) is 0 Å². The first kappa shape index (κ1) is 8.62. The van der Waals surface area contributed by atoms with Gasteiger partial charge in [0.2, 0.25) is 0 Å². The third kappa shape index (κ3) is 1.85. The molecule has 3 heteroatoms. The highest BCUT2D eigenvalue weighted by molar-refractivity contribution is 5.27. The molecule has 0 atom stereocenters. The first-order valence-corrected chi connectivity index (χ1v) is 2.50. The lowest BCUT2D eigenvalue weighted by molar-refractivity contribution is -0.384. The molecule has 0 saturated carbocycles. The fourth-order valence-corrected chi connectivity index (χ4v) is 0.550. The minimum absolute atomic E-state index is 0. The molecule has 0 aliphatic heterocycles. The van der Waals surface area contributed by atoms with Gasteiger partial charge >= 0.3 is 0 Å². The first-order valence-electron chi connectivity index (χ1n) is 2.50. The molecule has 4 radical (unpaired) electrons. The molecule has 1 aromatic carbocycles. The standard InChI is InChI=1S/C6H5NO2.C/c8-7(9)6-4-2-1-3-5-6;/h1-5H;. The average molecular weight is 135 g/mol. The van der Waals surface area contributed by atoms with Crippen LogP contribution in [0.4, 0.5) is 5.69 Å². The number of non-ortho nitro benzene ring substituents is 1. The molecule has 0 bridgehead atoms. The van der Waals surface area contributed by atoms with Gasteiger partial charge in [-0.3, -0.25) is 10.1 Å². The highest BCUT2D eigenvalue weighted by Crippen LogP contribution is 2.06. The van der Waals surface area contributed by atoms with Crippen LogP contribution in [0.5, 0.6) is 0 Å². The van der Waals surface area contributed by atoms with E-state index in [2.05, 4.69) is 0 Å². The van der Waals surface area contributed by atoms with Crippen LogP contribution in [0.3, 0.4) is 0 Å². The van der Waals surface area contributed by atoms with Crippen LogP contribution < -0.4 is 0 Å². The third-order valence-electron chi connectivity index (χ3n) is 0.967. The maximum Gasteiger partial charge on any atom is 0.269 e. The van der Waals surface area contributed by atoms with Crippen LogP contribution in [0, 0.1) is 17.5 Å². The van der Waals surface area contributed by atoms with Gasteiger partial charge in [-0.1, -0.05) is 18.2 Å². The van der Waals surface area contributed by atoms with Gasteiger partial charge in [0.05, 0.1) is 4.92 Å². The van der Waals surface area contributed by atoms with Crippen LogP contribution in [-0.2, 0) is 0 Å². The van der Waals surface area contributed by atoms with E-state index in [1.54, 1.807) is 18.2 Å². The summed E-state index contributed by atoms with van der Waals surface area (Å²) >= 11 is 0. The summed E-state index contributed by atoms with van der Waals surface area (Å²) in [7, 11) is 0. The van der Waals surface area contributed by atoms with Gasteiger partial charge in [0.1, 0.15) is 0 Å². The number of nitro benzene ring substituents is 1. The SMILES string of the molecule is O=[N+]([O-])c1ccccc1.[C].